The average molecular weight is 729 g/mol. The van der Waals surface area contributed by atoms with E-state index >= 15 is 0 Å². The van der Waals surface area contributed by atoms with Gasteiger partial charge in [0.2, 0.25) is 17.7 Å². The summed E-state index contributed by atoms with van der Waals surface area (Å²) in [6.07, 6.45) is -0.772. The van der Waals surface area contributed by atoms with E-state index in [1.54, 1.807) is 59.9 Å². The highest BCUT2D eigenvalue weighted by Crippen LogP contribution is 2.29. The van der Waals surface area contributed by atoms with E-state index in [0.717, 1.165) is 27.3 Å². The van der Waals surface area contributed by atoms with E-state index in [4.69, 9.17) is 14.2 Å². The number of rotatable bonds is 13. The Morgan fingerprint density at radius 1 is 0.962 bits per heavy atom. The summed E-state index contributed by atoms with van der Waals surface area (Å²) in [4.78, 5) is 58.7. The zero-order valence-electron chi connectivity index (χ0n) is 29.9. The van der Waals surface area contributed by atoms with Crippen LogP contribution in [-0.4, -0.2) is 77.1 Å². The van der Waals surface area contributed by atoms with E-state index in [1.807, 2.05) is 57.5 Å². The number of nitrogens with zero attached hydrogens (tertiary/aromatic N) is 2. The number of aromatic nitrogens is 1. The van der Waals surface area contributed by atoms with Gasteiger partial charge in [0.05, 0.1) is 41.5 Å². The van der Waals surface area contributed by atoms with Crippen molar-refractivity contribution in [2.75, 3.05) is 20.3 Å². The second kappa shape index (κ2) is 16.9. The van der Waals surface area contributed by atoms with Gasteiger partial charge in [0.15, 0.2) is 0 Å². The number of nitrogens with one attached hydrogen (secondary N) is 2. The number of methoxy groups -OCH3 is 1. The number of amides is 3. The van der Waals surface area contributed by atoms with Crippen molar-refractivity contribution in [1.29, 1.82) is 0 Å². The number of aliphatic hydroxyl groups is 1. The number of thiazole rings is 1. The van der Waals surface area contributed by atoms with Crippen molar-refractivity contribution in [3.05, 3.63) is 101 Å². The van der Waals surface area contributed by atoms with Crippen LogP contribution < -0.4 is 15.4 Å². The molecule has 1 aliphatic rings. The van der Waals surface area contributed by atoms with Gasteiger partial charge in [0.1, 0.15) is 30.2 Å². The molecule has 1 aromatic heterocycles. The van der Waals surface area contributed by atoms with Gasteiger partial charge in [-0.2, -0.15) is 0 Å². The SMILES string of the molecule is COC(=O)c1ccc(Oc2ccc(COCC(=O)NC(C(=O)N3C[C@H](O)C[C@H]3C(=O)NCc3ccc(-c4scnc4C)cc3)C(C)(C)C)cc2)cc1. The van der Waals surface area contributed by atoms with Crippen molar-refractivity contribution in [2.45, 2.75) is 65.5 Å². The summed E-state index contributed by atoms with van der Waals surface area (Å²) in [6, 6.07) is 19.7. The van der Waals surface area contributed by atoms with Crippen LogP contribution in [0.25, 0.3) is 10.4 Å². The van der Waals surface area contributed by atoms with Gasteiger partial charge in [0.25, 0.3) is 0 Å². The number of benzene rings is 3. The molecule has 0 radical (unpaired) electrons. The molecule has 0 bridgehead atoms. The van der Waals surface area contributed by atoms with Gasteiger partial charge >= 0.3 is 5.97 Å². The molecule has 1 saturated heterocycles. The highest BCUT2D eigenvalue weighted by molar-refractivity contribution is 7.13. The molecule has 5 rings (SSSR count). The van der Waals surface area contributed by atoms with Crippen molar-refractivity contribution in [3.8, 4) is 21.9 Å². The van der Waals surface area contributed by atoms with Crippen LogP contribution in [0.2, 0.25) is 0 Å². The van der Waals surface area contributed by atoms with Gasteiger partial charge in [-0.3, -0.25) is 14.4 Å². The Kier molecular flexibility index (Phi) is 12.4. The van der Waals surface area contributed by atoms with Crippen molar-refractivity contribution in [2.24, 2.45) is 5.41 Å². The summed E-state index contributed by atoms with van der Waals surface area (Å²) in [5.74, 6) is -0.603. The fourth-order valence-electron chi connectivity index (χ4n) is 5.81. The van der Waals surface area contributed by atoms with Crippen LogP contribution >= 0.6 is 11.3 Å². The van der Waals surface area contributed by atoms with Crippen LogP contribution in [0.15, 0.2) is 78.3 Å². The zero-order valence-corrected chi connectivity index (χ0v) is 30.7. The number of carbonyl (C=O) groups is 4. The monoisotopic (exact) mass is 728 g/mol. The Bertz CT molecular complexity index is 1850. The van der Waals surface area contributed by atoms with E-state index in [-0.39, 0.29) is 38.6 Å². The van der Waals surface area contributed by atoms with Crippen molar-refractivity contribution >= 4 is 35.0 Å². The van der Waals surface area contributed by atoms with Crippen LogP contribution in [0.3, 0.4) is 0 Å². The lowest BCUT2D eigenvalue weighted by Crippen LogP contribution is -2.58. The number of likely N-dealkylation sites (tertiary alicyclic amines) is 1. The molecule has 1 unspecified atom stereocenters. The summed E-state index contributed by atoms with van der Waals surface area (Å²) < 4.78 is 16.2. The Labute approximate surface area is 307 Å². The Morgan fingerprint density at radius 2 is 1.60 bits per heavy atom. The number of β-amino-alcohol motifs (C(OH)–C–C–N with tert-alkyl or cyclic N) is 1. The molecule has 2 heterocycles. The maximum absolute atomic E-state index is 13.9. The second-order valence-corrected chi connectivity index (χ2v) is 14.6. The van der Waals surface area contributed by atoms with Crippen molar-refractivity contribution in [3.63, 3.8) is 0 Å². The van der Waals surface area contributed by atoms with Gasteiger partial charge in [0, 0.05) is 19.5 Å². The molecule has 274 valence electrons. The fourth-order valence-corrected chi connectivity index (χ4v) is 6.62. The smallest absolute Gasteiger partial charge is 0.337 e. The minimum Gasteiger partial charge on any atom is -0.465 e. The molecule has 3 aromatic carbocycles. The Hall–Kier alpha value is -5.11. The molecule has 0 aliphatic carbocycles. The molecule has 12 nitrogen and oxygen atoms in total. The second-order valence-electron chi connectivity index (χ2n) is 13.7. The predicted octanol–water partition coefficient (Wildman–Crippen LogP) is 5.02. The molecule has 52 heavy (non-hydrogen) atoms. The van der Waals surface area contributed by atoms with Crippen LogP contribution in [0.4, 0.5) is 0 Å². The molecule has 3 atom stereocenters. The molecule has 0 spiro atoms. The Balaban J connectivity index is 1.12. The first-order valence-corrected chi connectivity index (χ1v) is 17.8. The standard InChI is InChI=1S/C39H44N4O8S/c1-24-34(52-23-41-24)27-10-6-25(7-11-27)19-40-36(46)32-18-29(44)20-43(32)37(47)35(39(2,3)4)42-33(45)22-50-21-26-8-14-30(15-9-26)51-31-16-12-28(13-17-31)38(48)49-5/h6-17,23,29,32,35,44H,18-22H2,1-5H3,(H,40,46)(H,42,45)/t29-,32+,35?/m1/s1. The minimum absolute atomic E-state index is 0.0166. The van der Waals surface area contributed by atoms with Crippen LogP contribution in [0.1, 0.15) is 54.4 Å². The molecule has 1 fully saturated rings. The van der Waals surface area contributed by atoms with E-state index in [0.29, 0.717) is 17.1 Å². The Morgan fingerprint density at radius 3 is 2.19 bits per heavy atom. The average Bonchev–Trinajstić information content (AvgIpc) is 3.75. The highest BCUT2D eigenvalue weighted by atomic mass is 32.1. The first-order valence-electron chi connectivity index (χ1n) is 16.9. The summed E-state index contributed by atoms with van der Waals surface area (Å²) in [7, 11) is 1.32. The number of aryl methyl sites for hydroxylation is 1. The third-order valence-electron chi connectivity index (χ3n) is 8.65. The largest absolute Gasteiger partial charge is 0.465 e. The van der Waals surface area contributed by atoms with E-state index in [9.17, 15) is 24.3 Å². The third-order valence-corrected chi connectivity index (χ3v) is 9.63. The third kappa shape index (κ3) is 9.81. The predicted molar refractivity (Wildman–Crippen MR) is 196 cm³/mol. The van der Waals surface area contributed by atoms with Crippen LogP contribution in [0, 0.1) is 12.3 Å². The molecule has 3 amide bonds. The summed E-state index contributed by atoms with van der Waals surface area (Å²) in [6.45, 7) is 7.53. The molecule has 1 aliphatic heterocycles. The summed E-state index contributed by atoms with van der Waals surface area (Å²) in [5.41, 5.74) is 5.24. The van der Waals surface area contributed by atoms with E-state index in [1.165, 1.54) is 12.0 Å². The molecular formula is C39H44N4O8S. The minimum atomic E-state index is -0.968. The van der Waals surface area contributed by atoms with Crippen molar-refractivity contribution < 1.29 is 38.5 Å². The summed E-state index contributed by atoms with van der Waals surface area (Å²) >= 11 is 1.57. The van der Waals surface area contributed by atoms with E-state index in [2.05, 4.69) is 15.6 Å². The quantitative estimate of drug-likeness (QED) is 0.161. The van der Waals surface area contributed by atoms with Gasteiger partial charge in [-0.25, -0.2) is 9.78 Å². The maximum atomic E-state index is 13.9. The number of hydrogen-bond donors (Lipinski definition) is 3. The van der Waals surface area contributed by atoms with Crippen molar-refractivity contribution in [1.82, 2.24) is 20.5 Å². The number of aliphatic hydroxyl groups excluding tert-OH is 1. The number of hydrogen-bond acceptors (Lipinski definition) is 10. The summed E-state index contributed by atoms with van der Waals surface area (Å²) in [5, 5.41) is 16.2. The van der Waals surface area contributed by atoms with Crippen LogP contribution in [-0.2, 0) is 37.0 Å². The topological polar surface area (TPSA) is 156 Å². The molecule has 13 heteroatoms. The molecular weight excluding hydrogens is 685 g/mol. The first-order chi connectivity index (χ1) is 24.8. The lowest BCUT2D eigenvalue weighted by molar-refractivity contribution is -0.144. The highest BCUT2D eigenvalue weighted by Gasteiger charge is 2.44. The molecule has 3 N–H and O–H groups in total. The van der Waals surface area contributed by atoms with Gasteiger partial charge in [-0.15, -0.1) is 11.3 Å². The zero-order chi connectivity index (χ0) is 37.4. The number of esters is 1. The lowest BCUT2D eigenvalue weighted by Gasteiger charge is -2.35. The normalized spacial score (nSPS) is 16.2. The van der Waals surface area contributed by atoms with E-state index < -0.39 is 41.4 Å². The fraction of sp³-hybridized carbons (Fsp3) is 0.359. The van der Waals surface area contributed by atoms with Gasteiger partial charge < -0.3 is 34.9 Å². The first kappa shape index (κ1) is 38.1. The number of ether oxygens (including phenoxy) is 3. The van der Waals surface area contributed by atoms with Gasteiger partial charge in [-0.05, 0) is 65.4 Å². The lowest BCUT2D eigenvalue weighted by atomic mass is 9.85. The molecule has 0 saturated carbocycles. The molecule has 4 aromatic rings. The van der Waals surface area contributed by atoms with Gasteiger partial charge in [-0.1, -0.05) is 57.2 Å². The maximum Gasteiger partial charge on any atom is 0.337 e. The number of carbonyl (C=O) groups excluding carboxylic acids is 4. The van der Waals surface area contributed by atoms with Crippen LogP contribution in [0.5, 0.6) is 11.5 Å².